The quantitative estimate of drug-likeness (QED) is 0.672. The number of hydrogen-bond donors (Lipinski definition) is 2. The molecule has 0 amide bonds. The number of morpholine rings is 1. The summed E-state index contributed by atoms with van der Waals surface area (Å²) < 4.78 is 5.21. The number of hydrogen-bond acceptors (Lipinski definition) is 4. The van der Waals surface area contributed by atoms with Crippen molar-refractivity contribution in [1.82, 2.24) is 4.90 Å². The zero-order valence-corrected chi connectivity index (χ0v) is 9.99. The SMILES string of the molecule is C/C(N)=C/C=C(\N)N1CCOCC1.CC. The summed E-state index contributed by atoms with van der Waals surface area (Å²) in [7, 11) is 0. The van der Waals surface area contributed by atoms with Crippen LogP contribution in [0.4, 0.5) is 0 Å². The molecule has 0 aromatic carbocycles. The largest absolute Gasteiger partial charge is 0.402 e. The van der Waals surface area contributed by atoms with Crippen molar-refractivity contribution >= 4 is 0 Å². The first kappa shape index (κ1) is 13.8. The predicted molar refractivity (Wildman–Crippen MR) is 64.0 cm³/mol. The van der Waals surface area contributed by atoms with E-state index in [1.165, 1.54) is 0 Å². The number of allylic oxidation sites excluding steroid dienone is 3. The van der Waals surface area contributed by atoms with Gasteiger partial charge >= 0.3 is 0 Å². The lowest BCUT2D eigenvalue weighted by Crippen LogP contribution is -2.38. The van der Waals surface area contributed by atoms with Gasteiger partial charge in [-0.2, -0.15) is 0 Å². The van der Waals surface area contributed by atoms with Gasteiger partial charge in [-0.3, -0.25) is 0 Å². The summed E-state index contributed by atoms with van der Waals surface area (Å²) in [5.41, 5.74) is 12.1. The third kappa shape index (κ3) is 6.01. The fourth-order valence-electron chi connectivity index (χ4n) is 1.14. The van der Waals surface area contributed by atoms with Gasteiger partial charge < -0.3 is 21.1 Å². The van der Waals surface area contributed by atoms with Crippen LogP contribution in [0, 0.1) is 0 Å². The van der Waals surface area contributed by atoms with Crippen LogP contribution in [-0.4, -0.2) is 31.2 Å². The first-order chi connectivity index (χ1) is 7.20. The lowest BCUT2D eigenvalue weighted by Gasteiger charge is -2.28. The number of ether oxygens (including phenoxy) is 1. The van der Waals surface area contributed by atoms with Crippen LogP contribution in [0.15, 0.2) is 23.7 Å². The molecule has 1 rings (SSSR count). The van der Waals surface area contributed by atoms with Crippen LogP contribution in [0.3, 0.4) is 0 Å². The molecule has 0 bridgehead atoms. The van der Waals surface area contributed by atoms with Crippen molar-refractivity contribution in [1.29, 1.82) is 0 Å². The normalized spacial score (nSPS) is 18.2. The Morgan fingerprint density at radius 2 is 1.67 bits per heavy atom. The van der Waals surface area contributed by atoms with Crippen molar-refractivity contribution < 1.29 is 4.74 Å². The molecule has 1 aliphatic heterocycles. The van der Waals surface area contributed by atoms with Gasteiger partial charge in [0.15, 0.2) is 0 Å². The molecule has 4 N–H and O–H groups in total. The van der Waals surface area contributed by atoms with E-state index in [-0.39, 0.29) is 0 Å². The Morgan fingerprint density at radius 1 is 1.13 bits per heavy atom. The highest BCUT2D eigenvalue weighted by atomic mass is 16.5. The smallest absolute Gasteiger partial charge is 0.0988 e. The Hall–Kier alpha value is -1.16. The molecule has 0 unspecified atom stereocenters. The highest BCUT2D eigenvalue weighted by Gasteiger charge is 2.09. The van der Waals surface area contributed by atoms with Gasteiger partial charge in [0.05, 0.1) is 19.0 Å². The third-order valence-corrected chi connectivity index (χ3v) is 1.89. The van der Waals surface area contributed by atoms with Crippen molar-refractivity contribution in [3.05, 3.63) is 23.7 Å². The molecule has 0 aromatic heterocycles. The Labute approximate surface area is 92.6 Å². The van der Waals surface area contributed by atoms with Crippen molar-refractivity contribution in [2.45, 2.75) is 20.8 Å². The molecule has 1 aliphatic rings. The first-order valence-electron chi connectivity index (χ1n) is 5.42. The van der Waals surface area contributed by atoms with E-state index >= 15 is 0 Å². The van der Waals surface area contributed by atoms with Crippen molar-refractivity contribution in [3.8, 4) is 0 Å². The van der Waals surface area contributed by atoms with Gasteiger partial charge in [-0.1, -0.05) is 13.8 Å². The summed E-state index contributed by atoms with van der Waals surface area (Å²) in [6, 6.07) is 0. The van der Waals surface area contributed by atoms with Crippen molar-refractivity contribution in [2.75, 3.05) is 26.3 Å². The molecule has 88 valence electrons. The summed E-state index contributed by atoms with van der Waals surface area (Å²) in [6.07, 6.45) is 3.64. The fourth-order valence-corrected chi connectivity index (χ4v) is 1.14. The van der Waals surface area contributed by atoms with Gasteiger partial charge in [0.25, 0.3) is 0 Å². The second kappa shape index (κ2) is 8.17. The Balaban J connectivity index is 0.000000921. The van der Waals surface area contributed by atoms with Crippen LogP contribution in [0.2, 0.25) is 0 Å². The fraction of sp³-hybridized carbons (Fsp3) is 0.636. The molecular formula is C11H23N3O. The van der Waals surface area contributed by atoms with Crippen LogP contribution in [0.5, 0.6) is 0 Å². The maximum absolute atomic E-state index is 5.83. The van der Waals surface area contributed by atoms with E-state index in [4.69, 9.17) is 16.2 Å². The maximum Gasteiger partial charge on any atom is 0.0988 e. The number of rotatable bonds is 2. The molecular weight excluding hydrogens is 190 g/mol. The Kier molecular flexibility index (Phi) is 7.54. The molecule has 0 saturated carbocycles. The van der Waals surface area contributed by atoms with Gasteiger partial charge in [-0.25, -0.2) is 0 Å². The van der Waals surface area contributed by atoms with E-state index in [2.05, 4.69) is 4.90 Å². The first-order valence-corrected chi connectivity index (χ1v) is 5.42. The van der Waals surface area contributed by atoms with Crippen molar-refractivity contribution in [2.24, 2.45) is 11.5 Å². The minimum atomic E-state index is 0.750. The van der Waals surface area contributed by atoms with Gasteiger partial charge in [0.1, 0.15) is 0 Å². The molecule has 1 heterocycles. The van der Waals surface area contributed by atoms with E-state index in [9.17, 15) is 0 Å². The topological polar surface area (TPSA) is 64.5 Å². The maximum atomic E-state index is 5.83. The third-order valence-electron chi connectivity index (χ3n) is 1.89. The van der Waals surface area contributed by atoms with Crippen LogP contribution < -0.4 is 11.5 Å². The van der Waals surface area contributed by atoms with E-state index in [0.717, 1.165) is 37.8 Å². The molecule has 0 spiro atoms. The van der Waals surface area contributed by atoms with Crippen LogP contribution >= 0.6 is 0 Å². The highest BCUT2D eigenvalue weighted by molar-refractivity contribution is 5.12. The lowest BCUT2D eigenvalue weighted by molar-refractivity contribution is 0.0530. The zero-order chi connectivity index (χ0) is 11.7. The minimum Gasteiger partial charge on any atom is -0.402 e. The molecule has 1 saturated heterocycles. The lowest BCUT2D eigenvalue weighted by atomic mass is 10.3. The summed E-state index contributed by atoms with van der Waals surface area (Å²) in [6.45, 7) is 9.06. The van der Waals surface area contributed by atoms with Gasteiger partial charge in [-0.05, 0) is 19.1 Å². The van der Waals surface area contributed by atoms with E-state index in [1.807, 2.05) is 32.9 Å². The van der Waals surface area contributed by atoms with Crippen molar-refractivity contribution in [3.63, 3.8) is 0 Å². The molecule has 0 aliphatic carbocycles. The van der Waals surface area contributed by atoms with E-state index in [0.29, 0.717) is 0 Å². The monoisotopic (exact) mass is 213 g/mol. The van der Waals surface area contributed by atoms with Crippen LogP contribution in [-0.2, 0) is 4.74 Å². The van der Waals surface area contributed by atoms with Gasteiger partial charge in [-0.15, -0.1) is 0 Å². The average molecular weight is 213 g/mol. The predicted octanol–water partition coefficient (Wildman–Crippen LogP) is 1.01. The molecule has 0 aromatic rings. The average Bonchev–Trinajstić information content (AvgIpc) is 2.30. The summed E-state index contributed by atoms with van der Waals surface area (Å²) in [5.74, 6) is 0.758. The van der Waals surface area contributed by atoms with Crippen LogP contribution in [0.25, 0.3) is 0 Å². The molecule has 0 atom stereocenters. The zero-order valence-electron chi connectivity index (χ0n) is 9.99. The molecule has 4 nitrogen and oxygen atoms in total. The Morgan fingerprint density at radius 3 is 2.13 bits per heavy atom. The van der Waals surface area contributed by atoms with Gasteiger partial charge in [0.2, 0.25) is 0 Å². The summed E-state index contributed by atoms with van der Waals surface area (Å²) in [4.78, 5) is 2.09. The van der Waals surface area contributed by atoms with Crippen LogP contribution in [0.1, 0.15) is 20.8 Å². The standard InChI is InChI=1S/C9H17N3O.C2H6/c1-8(10)2-3-9(11)12-4-6-13-7-5-12;1-2/h2-3H,4-7,10-11H2,1H3;1-2H3/b8-2-,9-3+;. The molecule has 1 fully saturated rings. The molecule has 4 heteroatoms. The van der Waals surface area contributed by atoms with Gasteiger partial charge in [0, 0.05) is 18.8 Å². The number of nitrogens with zero attached hydrogens (tertiary/aromatic N) is 1. The second-order valence-electron chi connectivity index (χ2n) is 3.10. The number of nitrogens with two attached hydrogens (primary N) is 2. The summed E-state index contributed by atoms with van der Waals surface area (Å²) in [5, 5.41) is 0. The van der Waals surface area contributed by atoms with E-state index < -0.39 is 0 Å². The molecule has 15 heavy (non-hydrogen) atoms. The van der Waals surface area contributed by atoms with E-state index in [1.54, 1.807) is 0 Å². The minimum absolute atomic E-state index is 0.750. The Bertz CT molecular complexity index is 214. The summed E-state index contributed by atoms with van der Waals surface area (Å²) >= 11 is 0. The second-order valence-corrected chi connectivity index (χ2v) is 3.10. The molecule has 0 radical (unpaired) electrons. The highest BCUT2D eigenvalue weighted by Crippen LogP contribution is 2.02.